The van der Waals surface area contributed by atoms with Crippen LogP contribution in [0.5, 0.6) is 0 Å². The monoisotopic (exact) mass is 341 g/mol. The minimum absolute atomic E-state index is 0.232. The molecule has 24 heavy (non-hydrogen) atoms. The largest absolute Gasteiger partial charge is 0.463 e. The maximum atomic E-state index is 12.8. The third-order valence-corrected chi connectivity index (χ3v) is 3.98. The average molecular weight is 342 g/mol. The smallest absolute Gasteiger partial charge is 0.331 e. The highest BCUT2D eigenvalue weighted by atomic mass is 35.5. The molecular weight excluding hydrogens is 326 g/mol. The highest BCUT2D eigenvalue weighted by molar-refractivity contribution is 6.36. The molecule has 2 aromatic carbocycles. The van der Waals surface area contributed by atoms with Crippen LogP contribution in [0.2, 0.25) is 5.02 Å². The van der Waals surface area contributed by atoms with Crippen LogP contribution >= 0.6 is 11.6 Å². The van der Waals surface area contributed by atoms with Crippen LogP contribution in [0, 0.1) is 0 Å². The number of benzene rings is 2. The summed E-state index contributed by atoms with van der Waals surface area (Å²) in [4.78, 5) is 26.2. The third kappa shape index (κ3) is 3.19. The first-order chi connectivity index (χ1) is 11.6. The number of hydrogen-bond acceptors (Lipinski definition) is 3. The van der Waals surface area contributed by atoms with Gasteiger partial charge in [0.05, 0.1) is 24.4 Å². The normalized spacial score (nSPS) is 14.8. The average Bonchev–Trinajstić information content (AvgIpc) is 2.81. The van der Waals surface area contributed by atoms with Gasteiger partial charge < -0.3 is 9.64 Å². The molecule has 0 saturated heterocycles. The molecule has 1 aliphatic heterocycles. The Bertz CT molecular complexity index is 815. The predicted molar refractivity (Wildman–Crippen MR) is 93.7 cm³/mol. The summed E-state index contributed by atoms with van der Waals surface area (Å²) in [7, 11) is 0. The van der Waals surface area contributed by atoms with Crippen molar-refractivity contribution in [1.29, 1.82) is 0 Å². The molecule has 0 saturated carbocycles. The van der Waals surface area contributed by atoms with E-state index in [1.165, 1.54) is 6.08 Å². The van der Waals surface area contributed by atoms with Crippen LogP contribution in [0.4, 0.5) is 5.69 Å². The van der Waals surface area contributed by atoms with Crippen molar-refractivity contribution in [2.75, 3.05) is 11.5 Å². The van der Waals surface area contributed by atoms with Crippen LogP contribution in [-0.4, -0.2) is 18.5 Å². The molecule has 5 heteroatoms. The van der Waals surface area contributed by atoms with Gasteiger partial charge >= 0.3 is 5.97 Å². The molecule has 1 heterocycles. The summed E-state index contributed by atoms with van der Waals surface area (Å²) in [6, 6.07) is 14.9. The zero-order chi connectivity index (χ0) is 17.1. The number of nitrogens with zero attached hydrogens (tertiary/aromatic N) is 1. The fourth-order valence-electron chi connectivity index (χ4n) is 2.69. The zero-order valence-corrected chi connectivity index (χ0v) is 13.9. The number of carbonyl (C=O) groups excluding carboxylic acids is 2. The molecule has 0 unspecified atom stereocenters. The Kier molecular flexibility index (Phi) is 4.67. The van der Waals surface area contributed by atoms with E-state index in [-0.39, 0.29) is 12.5 Å². The van der Waals surface area contributed by atoms with E-state index in [0.29, 0.717) is 28.4 Å². The minimum Gasteiger partial charge on any atom is -0.463 e. The lowest BCUT2D eigenvalue weighted by molar-refractivity contribution is -0.137. The molecule has 122 valence electrons. The van der Waals surface area contributed by atoms with Crippen molar-refractivity contribution in [3.63, 3.8) is 0 Å². The summed E-state index contributed by atoms with van der Waals surface area (Å²) < 4.78 is 4.93. The van der Waals surface area contributed by atoms with Crippen molar-refractivity contribution in [2.45, 2.75) is 13.5 Å². The first kappa shape index (κ1) is 16.3. The van der Waals surface area contributed by atoms with Crippen LogP contribution in [0.1, 0.15) is 18.1 Å². The lowest BCUT2D eigenvalue weighted by atomic mass is 10.1. The maximum Gasteiger partial charge on any atom is 0.331 e. The minimum atomic E-state index is -0.525. The van der Waals surface area contributed by atoms with E-state index in [1.807, 2.05) is 30.3 Å². The molecule has 0 fully saturated rings. The molecule has 0 atom stereocenters. The number of fused-ring (bicyclic) bond motifs is 1. The summed E-state index contributed by atoms with van der Waals surface area (Å²) >= 11 is 6.09. The van der Waals surface area contributed by atoms with Crippen LogP contribution in [-0.2, 0) is 20.9 Å². The lowest BCUT2D eigenvalue weighted by Gasteiger charge is -2.17. The molecule has 0 radical (unpaired) electrons. The molecular formula is C19H16ClNO3. The Labute approximate surface area is 145 Å². The van der Waals surface area contributed by atoms with Gasteiger partial charge in [0.1, 0.15) is 0 Å². The van der Waals surface area contributed by atoms with Gasteiger partial charge in [-0.2, -0.15) is 0 Å². The number of carbonyl (C=O) groups is 2. The summed E-state index contributed by atoms with van der Waals surface area (Å²) in [5.74, 6) is -0.757. The van der Waals surface area contributed by atoms with Gasteiger partial charge in [0.15, 0.2) is 0 Å². The van der Waals surface area contributed by atoms with Gasteiger partial charge in [0, 0.05) is 16.7 Å². The predicted octanol–water partition coefficient (Wildman–Crippen LogP) is 3.83. The SMILES string of the molecule is CCOC(=O)/C=C1/C(=O)N(Cc2ccccc2)c2cc(Cl)ccc21. The quantitative estimate of drug-likeness (QED) is 0.627. The van der Waals surface area contributed by atoms with Crippen LogP contribution in [0.25, 0.3) is 5.57 Å². The van der Waals surface area contributed by atoms with Crippen molar-refractivity contribution in [3.8, 4) is 0 Å². The van der Waals surface area contributed by atoms with E-state index in [0.717, 1.165) is 5.56 Å². The Morgan fingerprint density at radius 2 is 1.96 bits per heavy atom. The summed E-state index contributed by atoms with van der Waals surface area (Å²) in [5.41, 5.74) is 2.71. The van der Waals surface area contributed by atoms with Crippen molar-refractivity contribution >= 4 is 34.7 Å². The highest BCUT2D eigenvalue weighted by Crippen LogP contribution is 2.39. The second-order valence-corrected chi connectivity index (χ2v) is 5.78. The molecule has 1 amide bonds. The number of amides is 1. The van der Waals surface area contributed by atoms with Gasteiger partial charge in [-0.3, -0.25) is 4.79 Å². The molecule has 2 aromatic rings. The molecule has 4 nitrogen and oxygen atoms in total. The number of ether oxygens (including phenoxy) is 1. The van der Waals surface area contributed by atoms with Gasteiger partial charge in [0.2, 0.25) is 0 Å². The van der Waals surface area contributed by atoms with Gasteiger partial charge in [-0.15, -0.1) is 0 Å². The number of hydrogen-bond donors (Lipinski definition) is 0. The van der Waals surface area contributed by atoms with E-state index in [2.05, 4.69) is 0 Å². The fraction of sp³-hybridized carbons (Fsp3) is 0.158. The van der Waals surface area contributed by atoms with E-state index < -0.39 is 5.97 Å². The molecule has 1 aliphatic rings. The van der Waals surface area contributed by atoms with E-state index in [1.54, 1.807) is 30.0 Å². The van der Waals surface area contributed by atoms with Crippen molar-refractivity contribution in [3.05, 3.63) is 70.8 Å². The number of esters is 1. The molecule has 3 rings (SSSR count). The number of rotatable bonds is 4. The molecule has 0 bridgehead atoms. The fourth-order valence-corrected chi connectivity index (χ4v) is 2.86. The van der Waals surface area contributed by atoms with Gasteiger partial charge in [-0.25, -0.2) is 4.79 Å². The van der Waals surface area contributed by atoms with Crippen LogP contribution in [0.15, 0.2) is 54.6 Å². The zero-order valence-electron chi connectivity index (χ0n) is 13.2. The summed E-state index contributed by atoms with van der Waals surface area (Å²) in [5, 5.41) is 0.539. The Balaban J connectivity index is 2.01. The molecule has 0 aliphatic carbocycles. The molecule has 0 spiro atoms. The van der Waals surface area contributed by atoms with Crippen LogP contribution < -0.4 is 4.90 Å². The summed E-state index contributed by atoms with van der Waals surface area (Å²) in [6.45, 7) is 2.40. The number of anilines is 1. The first-order valence-corrected chi connectivity index (χ1v) is 8.02. The van der Waals surface area contributed by atoms with E-state index in [4.69, 9.17) is 16.3 Å². The first-order valence-electron chi connectivity index (χ1n) is 7.64. The van der Waals surface area contributed by atoms with Crippen LogP contribution in [0.3, 0.4) is 0 Å². The Hall–Kier alpha value is -2.59. The standard InChI is InChI=1S/C19H16ClNO3/c1-2-24-18(22)11-16-15-9-8-14(20)10-17(15)21(19(16)23)12-13-6-4-3-5-7-13/h3-11H,2,12H2,1H3/b16-11+. The van der Waals surface area contributed by atoms with Crippen molar-refractivity contribution < 1.29 is 14.3 Å². The third-order valence-electron chi connectivity index (χ3n) is 3.75. The Morgan fingerprint density at radius 1 is 1.21 bits per heavy atom. The van der Waals surface area contributed by atoms with E-state index >= 15 is 0 Å². The second kappa shape index (κ2) is 6.89. The van der Waals surface area contributed by atoms with Gasteiger partial charge in [-0.05, 0) is 24.6 Å². The van der Waals surface area contributed by atoms with Crippen molar-refractivity contribution in [1.82, 2.24) is 0 Å². The van der Waals surface area contributed by atoms with E-state index in [9.17, 15) is 9.59 Å². The molecule has 0 aromatic heterocycles. The van der Waals surface area contributed by atoms with Gasteiger partial charge in [0.25, 0.3) is 5.91 Å². The molecule has 0 N–H and O–H groups in total. The topological polar surface area (TPSA) is 46.6 Å². The highest BCUT2D eigenvalue weighted by Gasteiger charge is 2.33. The maximum absolute atomic E-state index is 12.8. The lowest BCUT2D eigenvalue weighted by Crippen LogP contribution is -2.25. The van der Waals surface area contributed by atoms with Gasteiger partial charge in [-0.1, -0.05) is 48.0 Å². The van der Waals surface area contributed by atoms with Crippen molar-refractivity contribution in [2.24, 2.45) is 0 Å². The summed E-state index contributed by atoms with van der Waals surface area (Å²) in [6.07, 6.45) is 1.25. The Morgan fingerprint density at radius 3 is 2.67 bits per heavy atom. The second-order valence-electron chi connectivity index (χ2n) is 5.35. The number of halogens is 1.